The number of aliphatic hydroxyl groups excluding tert-OH is 1. The summed E-state index contributed by atoms with van der Waals surface area (Å²) < 4.78 is 52.7. The summed E-state index contributed by atoms with van der Waals surface area (Å²) in [7, 11) is -4.15. The van der Waals surface area contributed by atoms with E-state index in [9.17, 15) is 22.3 Å². The number of nitrogens with one attached hydrogen (secondary N) is 1. The molecule has 0 unspecified atom stereocenters. The van der Waals surface area contributed by atoms with E-state index < -0.39 is 39.2 Å². The van der Waals surface area contributed by atoms with Crippen molar-refractivity contribution in [3.63, 3.8) is 0 Å². The molecule has 2 rings (SSSR count). The van der Waals surface area contributed by atoms with Crippen molar-refractivity contribution in [2.75, 3.05) is 6.61 Å². The van der Waals surface area contributed by atoms with Crippen LogP contribution in [0.1, 0.15) is 11.6 Å². The molecule has 2 N–H and O–H groups in total. The van der Waals surface area contributed by atoms with Gasteiger partial charge < -0.3 is 5.11 Å². The highest BCUT2D eigenvalue weighted by Gasteiger charge is 2.22. The molecule has 0 aliphatic heterocycles. The first-order valence-electron chi connectivity index (χ1n) is 6.06. The minimum atomic E-state index is -4.15. The number of rotatable bonds is 5. The Morgan fingerprint density at radius 3 is 2.14 bits per heavy atom. The summed E-state index contributed by atoms with van der Waals surface area (Å²) in [6.45, 7) is -0.485. The summed E-state index contributed by atoms with van der Waals surface area (Å²) in [4.78, 5) is -0.533. The molecule has 2 aromatic rings. The number of hydrogen-bond donors (Lipinski definition) is 2. The Morgan fingerprint density at radius 1 is 1.05 bits per heavy atom. The van der Waals surface area contributed by atoms with Crippen molar-refractivity contribution < 1.29 is 22.3 Å². The summed E-state index contributed by atoms with van der Waals surface area (Å²) in [5.41, 5.74) is 0.542. The van der Waals surface area contributed by atoms with E-state index in [1.54, 1.807) is 30.3 Å². The van der Waals surface area contributed by atoms with E-state index in [1.165, 1.54) is 0 Å². The highest BCUT2D eigenvalue weighted by molar-refractivity contribution is 7.89. The summed E-state index contributed by atoms with van der Waals surface area (Å²) in [5.74, 6) is -1.98. The third-order valence-electron chi connectivity index (χ3n) is 2.83. The maximum Gasteiger partial charge on any atom is 0.241 e. The third-order valence-corrected chi connectivity index (χ3v) is 4.28. The largest absolute Gasteiger partial charge is 0.394 e. The van der Waals surface area contributed by atoms with Gasteiger partial charge in [0.25, 0.3) is 0 Å². The lowest BCUT2D eigenvalue weighted by Gasteiger charge is -2.17. The molecule has 0 fully saturated rings. The van der Waals surface area contributed by atoms with Crippen molar-refractivity contribution in [1.29, 1.82) is 0 Å². The summed E-state index contributed by atoms with van der Waals surface area (Å²) in [6, 6.07) is 9.50. The van der Waals surface area contributed by atoms with Crippen LogP contribution in [0.4, 0.5) is 8.78 Å². The smallest absolute Gasteiger partial charge is 0.241 e. The fourth-order valence-electron chi connectivity index (χ4n) is 1.84. The molecule has 0 bridgehead atoms. The maximum absolute atomic E-state index is 13.1. The van der Waals surface area contributed by atoms with E-state index in [0.29, 0.717) is 23.8 Å². The second kappa shape index (κ2) is 6.30. The SMILES string of the molecule is O=S(=O)(N[C@@H](CO)c1ccccc1)c1cc(F)cc(F)c1. The molecule has 0 radical (unpaired) electrons. The Balaban J connectivity index is 2.31. The summed E-state index contributed by atoms with van der Waals surface area (Å²) in [6.07, 6.45) is 0. The molecule has 0 aliphatic carbocycles. The van der Waals surface area contributed by atoms with Crippen molar-refractivity contribution in [3.8, 4) is 0 Å². The zero-order valence-corrected chi connectivity index (χ0v) is 11.6. The molecular formula is C14H13F2NO3S. The van der Waals surface area contributed by atoms with Crippen molar-refractivity contribution >= 4 is 10.0 Å². The summed E-state index contributed by atoms with van der Waals surface area (Å²) >= 11 is 0. The molecule has 2 aromatic carbocycles. The number of benzene rings is 2. The van der Waals surface area contributed by atoms with Gasteiger partial charge in [0.05, 0.1) is 17.5 Å². The summed E-state index contributed by atoms with van der Waals surface area (Å²) in [5, 5.41) is 9.32. The van der Waals surface area contributed by atoms with Gasteiger partial charge >= 0.3 is 0 Å². The van der Waals surface area contributed by atoms with Gasteiger partial charge in [0.2, 0.25) is 10.0 Å². The zero-order valence-electron chi connectivity index (χ0n) is 10.8. The molecule has 0 spiro atoms. The predicted octanol–water partition coefficient (Wildman–Crippen LogP) is 1.98. The lowest BCUT2D eigenvalue weighted by Crippen LogP contribution is -2.31. The molecule has 0 amide bonds. The Kier molecular flexibility index (Phi) is 4.66. The first-order chi connectivity index (χ1) is 9.92. The van der Waals surface area contributed by atoms with E-state index in [2.05, 4.69) is 4.72 Å². The first kappa shape index (κ1) is 15.6. The van der Waals surface area contributed by atoms with Gasteiger partial charge in [-0.25, -0.2) is 21.9 Å². The van der Waals surface area contributed by atoms with E-state index in [1.807, 2.05) is 0 Å². The normalized spacial score (nSPS) is 13.1. The molecule has 1 atom stereocenters. The maximum atomic E-state index is 13.1. The molecule has 0 aromatic heterocycles. The van der Waals surface area contributed by atoms with Crippen LogP contribution >= 0.6 is 0 Å². The van der Waals surface area contributed by atoms with Crippen molar-refractivity contribution in [2.24, 2.45) is 0 Å². The van der Waals surface area contributed by atoms with Crippen LogP contribution in [0.5, 0.6) is 0 Å². The first-order valence-corrected chi connectivity index (χ1v) is 7.55. The highest BCUT2D eigenvalue weighted by atomic mass is 32.2. The van der Waals surface area contributed by atoms with Crippen LogP contribution in [-0.2, 0) is 10.0 Å². The minimum absolute atomic E-state index is 0.485. The molecule has 21 heavy (non-hydrogen) atoms. The third kappa shape index (κ3) is 3.84. The van der Waals surface area contributed by atoms with E-state index in [0.717, 1.165) is 0 Å². The number of hydrogen-bond acceptors (Lipinski definition) is 3. The minimum Gasteiger partial charge on any atom is -0.394 e. The second-order valence-corrected chi connectivity index (χ2v) is 6.09. The topological polar surface area (TPSA) is 66.4 Å². The molecule has 112 valence electrons. The van der Waals surface area contributed by atoms with Crippen LogP contribution in [-0.4, -0.2) is 20.1 Å². The monoisotopic (exact) mass is 313 g/mol. The average Bonchev–Trinajstić information content (AvgIpc) is 2.45. The Morgan fingerprint density at radius 2 is 1.62 bits per heavy atom. The molecule has 0 aliphatic rings. The van der Waals surface area contributed by atoms with Crippen LogP contribution in [0.15, 0.2) is 53.4 Å². The Bertz CT molecular complexity index is 700. The highest BCUT2D eigenvalue weighted by Crippen LogP contribution is 2.18. The van der Waals surface area contributed by atoms with Gasteiger partial charge in [-0.15, -0.1) is 0 Å². The lowest BCUT2D eigenvalue weighted by atomic mass is 10.1. The van der Waals surface area contributed by atoms with Gasteiger partial charge in [0.15, 0.2) is 0 Å². The molecule has 0 saturated heterocycles. The molecule has 0 heterocycles. The lowest BCUT2D eigenvalue weighted by molar-refractivity contribution is 0.259. The van der Waals surface area contributed by atoms with Crippen LogP contribution in [0.3, 0.4) is 0 Å². The van der Waals surface area contributed by atoms with Crippen molar-refractivity contribution in [1.82, 2.24) is 4.72 Å². The van der Waals surface area contributed by atoms with Crippen molar-refractivity contribution in [2.45, 2.75) is 10.9 Å². The van der Waals surface area contributed by atoms with E-state index >= 15 is 0 Å². The van der Waals surface area contributed by atoms with Crippen LogP contribution < -0.4 is 4.72 Å². The van der Waals surface area contributed by atoms with Gasteiger partial charge in [-0.2, -0.15) is 0 Å². The van der Waals surface area contributed by atoms with Gasteiger partial charge in [-0.3, -0.25) is 0 Å². The molecule has 0 saturated carbocycles. The average molecular weight is 313 g/mol. The predicted molar refractivity (Wildman–Crippen MR) is 72.9 cm³/mol. The van der Waals surface area contributed by atoms with Crippen molar-refractivity contribution in [3.05, 3.63) is 65.7 Å². The molecule has 7 heteroatoms. The quantitative estimate of drug-likeness (QED) is 0.887. The second-order valence-electron chi connectivity index (χ2n) is 4.37. The molecule has 4 nitrogen and oxygen atoms in total. The Labute approximate surface area is 121 Å². The van der Waals surface area contributed by atoms with Gasteiger partial charge in [0.1, 0.15) is 11.6 Å². The van der Waals surface area contributed by atoms with Crippen LogP contribution in [0.2, 0.25) is 0 Å². The van der Waals surface area contributed by atoms with E-state index in [4.69, 9.17) is 0 Å². The number of halogens is 2. The van der Waals surface area contributed by atoms with Gasteiger partial charge in [-0.1, -0.05) is 30.3 Å². The standard InChI is InChI=1S/C14H13F2NO3S/c15-11-6-12(16)8-13(7-11)21(19,20)17-14(9-18)10-4-2-1-3-5-10/h1-8,14,17-18H,9H2/t14-/m0/s1. The Hall–Kier alpha value is -1.83. The van der Waals surface area contributed by atoms with Gasteiger partial charge in [0, 0.05) is 6.07 Å². The fourth-order valence-corrected chi connectivity index (χ4v) is 3.09. The van der Waals surface area contributed by atoms with E-state index in [-0.39, 0.29) is 0 Å². The van der Waals surface area contributed by atoms with Gasteiger partial charge in [-0.05, 0) is 17.7 Å². The number of sulfonamides is 1. The zero-order chi connectivity index (χ0) is 15.5. The number of aliphatic hydroxyl groups is 1. The van der Waals surface area contributed by atoms with Crippen LogP contribution in [0, 0.1) is 11.6 Å². The fraction of sp³-hybridized carbons (Fsp3) is 0.143. The van der Waals surface area contributed by atoms with Crippen LogP contribution in [0.25, 0.3) is 0 Å². The molecular weight excluding hydrogens is 300 g/mol.